The molecular formula is C40H41N7. The number of aromatic nitrogens is 4. The van der Waals surface area contributed by atoms with Gasteiger partial charge < -0.3 is 20.6 Å². The van der Waals surface area contributed by atoms with Crippen LogP contribution in [0.25, 0.3) is 54.7 Å². The van der Waals surface area contributed by atoms with E-state index in [1.54, 1.807) is 0 Å². The Labute approximate surface area is 275 Å². The summed E-state index contributed by atoms with van der Waals surface area (Å²) in [5.74, 6) is 2.05. The second kappa shape index (κ2) is 12.8. The number of likely N-dealkylation sites (N-methyl/N-ethyl adjacent to an activating group) is 1. The second-order valence-corrected chi connectivity index (χ2v) is 12.8. The van der Waals surface area contributed by atoms with Crippen LogP contribution in [0.3, 0.4) is 0 Å². The van der Waals surface area contributed by atoms with Gasteiger partial charge in [-0.05, 0) is 109 Å². The Kier molecular flexibility index (Phi) is 8.05. The van der Waals surface area contributed by atoms with Gasteiger partial charge in [-0.25, -0.2) is 9.97 Å². The van der Waals surface area contributed by atoms with E-state index in [1.807, 2.05) is 19.2 Å². The highest BCUT2D eigenvalue weighted by molar-refractivity contribution is 6.07. The number of rotatable bonds is 10. The molecule has 8 rings (SSSR count). The molecule has 1 saturated heterocycles. The van der Waals surface area contributed by atoms with Crippen molar-refractivity contribution in [2.45, 2.75) is 44.8 Å². The zero-order valence-electron chi connectivity index (χ0n) is 27.1. The van der Waals surface area contributed by atoms with Crippen molar-refractivity contribution in [1.82, 2.24) is 35.5 Å². The van der Waals surface area contributed by atoms with E-state index in [2.05, 4.69) is 117 Å². The van der Waals surface area contributed by atoms with Crippen LogP contribution in [-0.4, -0.2) is 57.6 Å². The summed E-state index contributed by atoms with van der Waals surface area (Å²) in [6.07, 6.45) is 13.8. The summed E-state index contributed by atoms with van der Waals surface area (Å²) in [4.78, 5) is 19.8. The molecule has 4 aromatic carbocycles. The van der Waals surface area contributed by atoms with Gasteiger partial charge in [0.05, 0.1) is 34.7 Å². The third-order valence-electron chi connectivity index (χ3n) is 9.77. The van der Waals surface area contributed by atoms with Crippen LogP contribution < -0.4 is 10.6 Å². The zero-order valence-corrected chi connectivity index (χ0v) is 27.1. The van der Waals surface area contributed by atoms with E-state index >= 15 is 0 Å². The number of fused-ring (bicyclic) bond motifs is 6. The first-order valence-electron chi connectivity index (χ1n) is 16.9. The highest BCUT2D eigenvalue weighted by atomic mass is 15.2. The Morgan fingerprint density at radius 1 is 0.915 bits per heavy atom. The molecule has 0 saturated carbocycles. The van der Waals surface area contributed by atoms with Crippen molar-refractivity contribution >= 4 is 43.6 Å². The minimum absolute atomic E-state index is 0.242. The summed E-state index contributed by atoms with van der Waals surface area (Å²) in [7, 11) is 2.05. The fraction of sp³-hybridized carbons (Fsp3) is 0.275. The molecule has 0 radical (unpaired) electrons. The van der Waals surface area contributed by atoms with Crippen molar-refractivity contribution in [3.8, 4) is 11.1 Å². The standard InChI is InChI=1S/C40H41N7/c1-3-20-42-24-37-43-33-18-14-29-22-27(12-16-31(29)38(33)45-37)28-13-17-32-30(23-28)15-19-34-39(32)46-40(44-34)36-11-8-21-47(36)25-35(41-2)26-9-6-4-5-7-10-26/h4,6-7,9-10,12-19,22-23,35-36,41-42H,3,8,11,20-21,24-25H2,1-2H3,(H,43,45)(H,44,46). The van der Waals surface area contributed by atoms with Gasteiger partial charge >= 0.3 is 0 Å². The van der Waals surface area contributed by atoms with E-state index in [1.165, 1.54) is 44.7 Å². The molecule has 47 heavy (non-hydrogen) atoms. The molecule has 1 aliphatic heterocycles. The minimum atomic E-state index is 0.242. The highest BCUT2D eigenvalue weighted by Gasteiger charge is 2.30. The minimum Gasteiger partial charge on any atom is -0.340 e. The number of likely N-dealkylation sites (tertiary alicyclic amines) is 1. The molecule has 0 bridgehead atoms. The third kappa shape index (κ3) is 5.73. The lowest BCUT2D eigenvalue weighted by Crippen LogP contribution is -2.40. The number of nitrogens with zero attached hydrogens (tertiary/aromatic N) is 3. The fourth-order valence-electron chi connectivity index (χ4n) is 7.33. The Balaban J connectivity index is 1.06. The number of nitrogens with one attached hydrogen (secondary N) is 4. The molecule has 7 nitrogen and oxygen atoms in total. The Morgan fingerprint density at radius 2 is 1.66 bits per heavy atom. The molecule has 1 fully saturated rings. The molecule has 7 heteroatoms. The maximum Gasteiger partial charge on any atom is 0.124 e. The Morgan fingerprint density at radius 3 is 2.40 bits per heavy atom. The molecule has 3 heterocycles. The van der Waals surface area contributed by atoms with Crippen molar-refractivity contribution in [2.24, 2.45) is 0 Å². The van der Waals surface area contributed by atoms with Crippen molar-refractivity contribution in [3.05, 3.63) is 114 Å². The number of aromatic amines is 2. The van der Waals surface area contributed by atoms with Gasteiger partial charge in [-0.1, -0.05) is 55.5 Å². The number of H-pyrrole nitrogens is 2. The van der Waals surface area contributed by atoms with Crippen molar-refractivity contribution in [3.63, 3.8) is 0 Å². The number of imidazole rings is 2. The molecule has 2 unspecified atom stereocenters. The van der Waals surface area contributed by atoms with Gasteiger partial charge in [-0.15, -0.1) is 5.73 Å². The summed E-state index contributed by atoms with van der Waals surface area (Å²) in [6, 6.07) is 22.8. The SMILES string of the molecule is CCCNCc1nc2ccc3cc(-c4ccc5c(ccc6nc(C7CCCN7CC(NC)C7=CC=C=CC=C7)[nH]c65)c4)ccc3c2[nH]1. The third-order valence-corrected chi connectivity index (χ3v) is 9.77. The maximum absolute atomic E-state index is 5.14. The first kappa shape index (κ1) is 29.6. The van der Waals surface area contributed by atoms with Gasteiger partial charge in [0.2, 0.25) is 0 Å². The quantitative estimate of drug-likeness (QED) is 0.0928. The van der Waals surface area contributed by atoms with E-state index in [0.29, 0.717) is 0 Å². The van der Waals surface area contributed by atoms with Crippen molar-refractivity contribution in [1.29, 1.82) is 0 Å². The van der Waals surface area contributed by atoms with E-state index in [9.17, 15) is 0 Å². The summed E-state index contributed by atoms with van der Waals surface area (Å²) in [5.41, 5.74) is 11.1. The number of benzene rings is 4. The highest BCUT2D eigenvalue weighted by Crippen LogP contribution is 2.35. The molecule has 0 spiro atoms. The van der Waals surface area contributed by atoms with Crippen LogP contribution >= 0.6 is 0 Å². The van der Waals surface area contributed by atoms with Gasteiger partial charge in [0.1, 0.15) is 11.6 Å². The monoisotopic (exact) mass is 619 g/mol. The van der Waals surface area contributed by atoms with Gasteiger partial charge in [-0.3, -0.25) is 4.90 Å². The number of allylic oxidation sites excluding steroid dienone is 3. The summed E-state index contributed by atoms with van der Waals surface area (Å²) in [5, 5.41) is 11.8. The molecule has 0 amide bonds. The first-order chi connectivity index (χ1) is 23.2. The smallest absolute Gasteiger partial charge is 0.124 e. The Bertz CT molecular complexity index is 2230. The molecule has 6 aromatic rings. The number of hydrogen-bond donors (Lipinski definition) is 4. The van der Waals surface area contributed by atoms with E-state index in [0.717, 1.165) is 72.7 Å². The summed E-state index contributed by atoms with van der Waals surface area (Å²) >= 11 is 0. The van der Waals surface area contributed by atoms with Crippen LogP contribution in [0.4, 0.5) is 0 Å². The van der Waals surface area contributed by atoms with Crippen LogP contribution in [0.15, 0.2) is 102 Å². The van der Waals surface area contributed by atoms with Gasteiger partial charge in [0.15, 0.2) is 0 Å². The molecule has 2 aromatic heterocycles. The summed E-state index contributed by atoms with van der Waals surface area (Å²) in [6.45, 7) is 5.93. The lowest BCUT2D eigenvalue weighted by molar-refractivity contribution is 0.234. The predicted octanol–water partition coefficient (Wildman–Crippen LogP) is 7.84. The molecular weight excluding hydrogens is 578 g/mol. The van der Waals surface area contributed by atoms with Crippen LogP contribution in [0.1, 0.15) is 43.9 Å². The maximum atomic E-state index is 5.14. The van der Waals surface area contributed by atoms with E-state index in [4.69, 9.17) is 9.97 Å². The topological polar surface area (TPSA) is 84.7 Å². The second-order valence-electron chi connectivity index (χ2n) is 12.8. The van der Waals surface area contributed by atoms with Gasteiger partial charge in [-0.2, -0.15) is 0 Å². The van der Waals surface area contributed by atoms with Crippen LogP contribution in [0, 0.1) is 0 Å². The van der Waals surface area contributed by atoms with Gasteiger partial charge in [0, 0.05) is 23.4 Å². The average molecular weight is 620 g/mol. The lowest BCUT2D eigenvalue weighted by Gasteiger charge is -2.28. The molecule has 236 valence electrons. The van der Waals surface area contributed by atoms with Crippen LogP contribution in [0.5, 0.6) is 0 Å². The molecule has 4 N–H and O–H groups in total. The molecule has 2 atom stereocenters. The van der Waals surface area contributed by atoms with Crippen molar-refractivity contribution in [2.75, 3.05) is 26.7 Å². The molecule has 2 aliphatic rings. The van der Waals surface area contributed by atoms with Crippen LogP contribution in [-0.2, 0) is 6.54 Å². The first-order valence-corrected chi connectivity index (χ1v) is 16.9. The largest absolute Gasteiger partial charge is 0.340 e. The van der Waals surface area contributed by atoms with E-state index in [-0.39, 0.29) is 12.1 Å². The normalized spacial score (nSPS) is 17.4. The van der Waals surface area contributed by atoms with Crippen molar-refractivity contribution < 1.29 is 0 Å². The lowest BCUT2D eigenvalue weighted by atomic mass is 9.98. The fourth-order valence-corrected chi connectivity index (χ4v) is 7.33. The predicted molar refractivity (Wildman–Crippen MR) is 194 cm³/mol. The van der Waals surface area contributed by atoms with Gasteiger partial charge in [0.25, 0.3) is 0 Å². The number of hydrogen-bond acceptors (Lipinski definition) is 5. The molecule has 1 aliphatic carbocycles. The van der Waals surface area contributed by atoms with E-state index < -0.39 is 0 Å². The Hall–Kier alpha value is -4.78. The average Bonchev–Trinajstić information content (AvgIpc) is 3.80. The summed E-state index contributed by atoms with van der Waals surface area (Å²) < 4.78 is 0. The zero-order chi connectivity index (χ0) is 31.7. The van der Waals surface area contributed by atoms with Crippen LogP contribution in [0.2, 0.25) is 0 Å².